The van der Waals surface area contributed by atoms with Crippen LogP contribution in [0.15, 0.2) is 54.1 Å². The number of carbonyl (C=O) groups is 1. The van der Waals surface area contributed by atoms with Crippen LogP contribution >= 0.6 is 0 Å². The molecule has 0 radical (unpaired) electrons. The summed E-state index contributed by atoms with van der Waals surface area (Å²) in [7, 11) is 0. The molecule has 0 spiro atoms. The molecule has 0 bridgehead atoms. The molecule has 1 aliphatic rings. The van der Waals surface area contributed by atoms with E-state index in [0.29, 0.717) is 12.0 Å². The number of carbonyl (C=O) groups excluding carboxylic acids is 1. The van der Waals surface area contributed by atoms with Gasteiger partial charge in [0.15, 0.2) is 0 Å². The van der Waals surface area contributed by atoms with Gasteiger partial charge < -0.3 is 10.5 Å². The number of nitrogens with two attached hydrogens (primary N) is 1. The van der Waals surface area contributed by atoms with E-state index in [1.54, 1.807) is 12.2 Å². The zero-order valence-electron chi connectivity index (χ0n) is 8.80. The predicted octanol–water partition coefficient (Wildman–Crippen LogP) is 1.81. The van der Waals surface area contributed by atoms with Crippen LogP contribution in [-0.4, -0.2) is 12.0 Å². The Kier molecular flexibility index (Phi) is 3.05. The van der Waals surface area contributed by atoms with Gasteiger partial charge in [0.2, 0.25) is 5.91 Å². The van der Waals surface area contributed by atoms with Crippen LogP contribution < -0.4 is 10.5 Å². The van der Waals surface area contributed by atoms with Gasteiger partial charge in [-0.3, -0.25) is 4.79 Å². The minimum atomic E-state index is -0.394. The molecule has 3 nitrogen and oxygen atoms in total. The Labute approximate surface area is 94.2 Å². The lowest BCUT2D eigenvalue weighted by Crippen LogP contribution is -2.19. The lowest BCUT2D eigenvalue weighted by atomic mass is 10.0. The predicted molar refractivity (Wildman–Crippen MR) is 61.9 cm³/mol. The number of rotatable bonds is 3. The van der Waals surface area contributed by atoms with E-state index in [1.165, 1.54) is 0 Å². The van der Waals surface area contributed by atoms with Crippen LogP contribution in [0.25, 0.3) is 0 Å². The maximum atomic E-state index is 10.9. The molecule has 82 valence electrons. The fourth-order valence-corrected chi connectivity index (χ4v) is 1.54. The molecule has 1 amide bonds. The summed E-state index contributed by atoms with van der Waals surface area (Å²) in [5.41, 5.74) is 5.71. The molecule has 2 N–H and O–H groups in total. The molecule has 0 saturated heterocycles. The molecule has 0 aromatic heterocycles. The zero-order valence-corrected chi connectivity index (χ0v) is 8.80. The minimum absolute atomic E-state index is 0.0227. The van der Waals surface area contributed by atoms with Crippen LogP contribution in [0.5, 0.6) is 5.75 Å². The Morgan fingerprint density at radius 2 is 2.06 bits per heavy atom. The van der Waals surface area contributed by atoms with Crippen molar-refractivity contribution in [2.75, 3.05) is 0 Å². The van der Waals surface area contributed by atoms with Crippen molar-refractivity contribution in [3.8, 4) is 5.75 Å². The number of ether oxygens (including phenoxy) is 1. The second-order valence-corrected chi connectivity index (χ2v) is 3.59. The molecule has 1 unspecified atom stereocenters. The minimum Gasteiger partial charge on any atom is -0.486 e. The molecule has 2 rings (SSSR count). The van der Waals surface area contributed by atoms with Crippen LogP contribution in [0, 0.1) is 0 Å². The highest BCUT2D eigenvalue weighted by Gasteiger charge is 2.12. The second-order valence-electron chi connectivity index (χ2n) is 3.59. The van der Waals surface area contributed by atoms with E-state index in [9.17, 15) is 4.79 Å². The largest absolute Gasteiger partial charge is 0.486 e. The fraction of sp³-hybridized carbons (Fsp3) is 0.154. The average Bonchev–Trinajstić information content (AvgIpc) is 2.31. The third kappa shape index (κ3) is 2.51. The van der Waals surface area contributed by atoms with Gasteiger partial charge in [-0.2, -0.15) is 0 Å². The Hall–Kier alpha value is -2.03. The monoisotopic (exact) mass is 215 g/mol. The number of benzene rings is 1. The van der Waals surface area contributed by atoms with Crippen LogP contribution in [0.3, 0.4) is 0 Å². The molecule has 0 heterocycles. The maximum absolute atomic E-state index is 10.9. The molecule has 0 aliphatic heterocycles. The Morgan fingerprint density at radius 1 is 1.31 bits per heavy atom. The highest BCUT2D eigenvalue weighted by molar-refractivity contribution is 5.95. The summed E-state index contributed by atoms with van der Waals surface area (Å²) in [5.74, 6) is 0.433. The summed E-state index contributed by atoms with van der Waals surface area (Å²) in [6, 6.07) is 9.59. The van der Waals surface area contributed by atoms with E-state index in [-0.39, 0.29) is 6.10 Å². The molecule has 0 fully saturated rings. The van der Waals surface area contributed by atoms with Crippen LogP contribution in [-0.2, 0) is 4.79 Å². The first-order valence-corrected chi connectivity index (χ1v) is 5.15. The van der Waals surface area contributed by atoms with Crippen LogP contribution in [0.1, 0.15) is 6.42 Å². The Bertz CT molecular complexity index is 435. The molecular formula is C13H13NO2. The highest BCUT2D eigenvalue weighted by Crippen LogP contribution is 2.17. The highest BCUT2D eigenvalue weighted by atomic mass is 16.5. The van der Waals surface area contributed by atoms with E-state index >= 15 is 0 Å². The number of para-hydroxylation sites is 1. The molecule has 1 atom stereocenters. The summed E-state index contributed by atoms with van der Waals surface area (Å²) in [4.78, 5) is 10.9. The topological polar surface area (TPSA) is 52.3 Å². The third-order valence-corrected chi connectivity index (χ3v) is 2.38. The standard InChI is InChI=1S/C13H13NO2/c14-13(15)10-6-8-12(9-7-10)16-11-4-2-1-3-5-11/h1-8,12H,9H2,(H2,14,15). The number of amides is 1. The van der Waals surface area contributed by atoms with Gasteiger partial charge in [0.1, 0.15) is 11.9 Å². The summed E-state index contributed by atoms with van der Waals surface area (Å²) < 4.78 is 5.70. The zero-order chi connectivity index (χ0) is 11.4. The van der Waals surface area contributed by atoms with Crippen molar-refractivity contribution in [3.05, 3.63) is 54.1 Å². The van der Waals surface area contributed by atoms with Gasteiger partial charge in [0, 0.05) is 12.0 Å². The first-order valence-electron chi connectivity index (χ1n) is 5.15. The van der Waals surface area contributed by atoms with E-state index in [2.05, 4.69) is 0 Å². The first-order chi connectivity index (χ1) is 7.75. The molecule has 1 aliphatic carbocycles. The third-order valence-electron chi connectivity index (χ3n) is 2.38. The maximum Gasteiger partial charge on any atom is 0.248 e. The molecule has 1 aromatic carbocycles. The fourth-order valence-electron chi connectivity index (χ4n) is 1.54. The smallest absolute Gasteiger partial charge is 0.248 e. The first kappa shape index (κ1) is 10.5. The summed E-state index contributed by atoms with van der Waals surface area (Å²) >= 11 is 0. The molecule has 0 saturated carbocycles. The van der Waals surface area contributed by atoms with Gasteiger partial charge in [0.05, 0.1) is 0 Å². The van der Waals surface area contributed by atoms with Crippen molar-refractivity contribution in [1.82, 2.24) is 0 Å². The van der Waals surface area contributed by atoms with Gasteiger partial charge in [-0.1, -0.05) is 30.4 Å². The quantitative estimate of drug-likeness (QED) is 0.835. The Morgan fingerprint density at radius 3 is 2.62 bits per heavy atom. The Balaban J connectivity index is 1.97. The van der Waals surface area contributed by atoms with Crippen molar-refractivity contribution >= 4 is 5.91 Å². The normalized spacial score (nSPS) is 19.0. The summed E-state index contributed by atoms with van der Waals surface area (Å²) in [5, 5.41) is 0. The molecule has 16 heavy (non-hydrogen) atoms. The van der Waals surface area contributed by atoms with E-state index in [1.807, 2.05) is 36.4 Å². The van der Waals surface area contributed by atoms with Crippen molar-refractivity contribution in [3.63, 3.8) is 0 Å². The van der Waals surface area contributed by atoms with E-state index < -0.39 is 5.91 Å². The lowest BCUT2D eigenvalue weighted by Gasteiger charge is -2.17. The number of primary amides is 1. The van der Waals surface area contributed by atoms with Crippen LogP contribution in [0.4, 0.5) is 0 Å². The van der Waals surface area contributed by atoms with Crippen LogP contribution in [0.2, 0.25) is 0 Å². The van der Waals surface area contributed by atoms with Crippen molar-refractivity contribution < 1.29 is 9.53 Å². The molecule has 1 aromatic rings. The van der Waals surface area contributed by atoms with Crippen molar-refractivity contribution in [1.29, 1.82) is 0 Å². The van der Waals surface area contributed by atoms with E-state index in [4.69, 9.17) is 10.5 Å². The van der Waals surface area contributed by atoms with Gasteiger partial charge in [0.25, 0.3) is 0 Å². The molecule has 3 heteroatoms. The van der Waals surface area contributed by atoms with Gasteiger partial charge in [-0.25, -0.2) is 0 Å². The number of hydrogen-bond donors (Lipinski definition) is 1. The number of hydrogen-bond acceptors (Lipinski definition) is 2. The average molecular weight is 215 g/mol. The molecular weight excluding hydrogens is 202 g/mol. The van der Waals surface area contributed by atoms with Crippen molar-refractivity contribution in [2.45, 2.75) is 12.5 Å². The van der Waals surface area contributed by atoms with Crippen molar-refractivity contribution in [2.24, 2.45) is 5.73 Å². The second kappa shape index (κ2) is 4.66. The van der Waals surface area contributed by atoms with E-state index in [0.717, 1.165) is 5.75 Å². The van der Waals surface area contributed by atoms with Gasteiger partial charge in [-0.15, -0.1) is 0 Å². The van der Waals surface area contributed by atoms with Gasteiger partial charge in [-0.05, 0) is 18.2 Å². The summed E-state index contributed by atoms with van der Waals surface area (Å²) in [6.07, 6.45) is 6.01. The summed E-state index contributed by atoms with van der Waals surface area (Å²) in [6.45, 7) is 0. The SMILES string of the molecule is NC(=O)C1=CCC(Oc2ccccc2)C=C1. The van der Waals surface area contributed by atoms with Gasteiger partial charge >= 0.3 is 0 Å². The lowest BCUT2D eigenvalue weighted by molar-refractivity contribution is -0.114.